The number of nitrogens with one attached hydrogen (secondary N) is 1. The van der Waals surface area contributed by atoms with Crippen molar-refractivity contribution in [2.45, 2.75) is 12.8 Å². The van der Waals surface area contributed by atoms with E-state index in [1.54, 1.807) is 18.2 Å². The van der Waals surface area contributed by atoms with Gasteiger partial charge in [0.05, 0.1) is 16.7 Å². The predicted molar refractivity (Wildman–Crippen MR) is 83.6 cm³/mol. The van der Waals surface area contributed by atoms with E-state index in [9.17, 15) is 14.9 Å². The van der Waals surface area contributed by atoms with Gasteiger partial charge in [0.15, 0.2) is 0 Å². The van der Waals surface area contributed by atoms with Crippen LogP contribution in [-0.2, 0) is 11.2 Å². The highest BCUT2D eigenvalue weighted by Gasteiger charge is 2.10. The van der Waals surface area contributed by atoms with E-state index < -0.39 is 4.92 Å². The summed E-state index contributed by atoms with van der Waals surface area (Å²) in [6.45, 7) is 0. The molecule has 1 amide bonds. The van der Waals surface area contributed by atoms with Crippen LogP contribution in [-0.4, -0.2) is 17.0 Å². The van der Waals surface area contributed by atoms with Gasteiger partial charge in [-0.15, -0.1) is 0 Å². The normalized spacial score (nSPS) is 10.5. The zero-order valence-electron chi connectivity index (χ0n) is 11.8. The van der Waals surface area contributed by atoms with E-state index >= 15 is 0 Å². The molecule has 0 spiro atoms. The van der Waals surface area contributed by atoms with Crippen molar-refractivity contribution in [2.75, 3.05) is 0 Å². The number of benzene rings is 2. The fourth-order valence-electron chi connectivity index (χ4n) is 1.90. The van der Waals surface area contributed by atoms with Crippen molar-refractivity contribution in [1.29, 1.82) is 0 Å². The number of carbonyl (C=O) groups excluding carboxylic acids is 1. The van der Waals surface area contributed by atoms with Crippen molar-refractivity contribution in [3.63, 3.8) is 0 Å². The molecule has 0 radical (unpaired) electrons. The molecular weight excluding hydrogens is 282 g/mol. The van der Waals surface area contributed by atoms with Gasteiger partial charge in [0.25, 0.3) is 5.69 Å². The van der Waals surface area contributed by atoms with E-state index in [4.69, 9.17) is 0 Å². The number of nitro benzene ring substituents is 1. The number of aryl methyl sites for hydroxylation is 1. The molecule has 0 bridgehead atoms. The Hall–Kier alpha value is -3.02. The van der Waals surface area contributed by atoms with Gasteiger partial charge in [-0.2, -0.15) is 5.10 Å². The average Bonchev–Trinajstić information content (AvgIpc) is 2.54. The third-order valence-electron chi connectivity index (χ3n) is 3.01. The lowest BCUT2D eigenvalue weighted by Gasteiger charge is -2.01. The van der Waals surface area contributed by atoms with Crippen molar-refractivity contribution in [2.24, 2.45) is 5.10 Å². The molecule has 6 nitrogen and oxygen atoms in total. The van der Waals surface area contributed by atoms with Gasteiger partial charge in [0, 0.05) is 12.5 Å². The third-order valence-corrected chi connectivity index (χ3v) is 3.01. The molecule has 22 heavy (non-hydrogen) atoms. The van der Waals surface area contributed by atoms with Crippen LogP contribution in [0, 0.1) is 10.1 Å². The fraction of sp³-hybridized carbons (Fsp3) is 0.125. The first-order chi connectivity index (χ1) is 10.7. The van der Waals surface area contributed by atoms with Gasteiger partial charge in [-0.05, 0) is 18.1 Å². The maximum atomic E-state index is 11.7. The molecule has 0 aliphatic carbocycles. The lowest BCUT2D eigenvalue weighted by Crippen LogP contribution is -2.18. The van der Waals surface area contributed by atoms with Crippen LogP contribution in [0.2, 0.25) is 0 Å². The number of carbonyl (C=O) groups is 1. The molecule has 6 heteroatoms. The van der Waals surface area contributed by atoms with Crippen molar-refractivity contribution in [1.82, 2.24) is 5.43 Å². The van der Waals surface area contributed by atoms with E-state index in [1.807, 2.05) is 30.3 Å². The van der Waals surface area contributed by atoms with Crippen LogP contribution in [0.3, 0.4) is 0 Å². The maximum absolute atomic E-state index is 11.7. The molecule has 0 aromatic heterocycles. The number of nitrogens with zero attached hydrogens (tertiary/aromatic N) is 2. The second-order valence-electron chi connectivity index (χ2n) is 4.59. The van der Waals surface area contributed by atoms with Gasteiger partial charge < -0.3 is 0 Å². The van der Waals surface area contributed by atoms with Crippen LogP contribution in [0.1, 0.15) is 17.5 Å². The maximum Gasteiger partial charge on any atom is 0.278 e. The highest BCUT2D eigenvalue weighted by Crippen LogP contribution is 2.14. The predicted octanol–water partition coefficient (Wildman–Crippen LogP) is 2.68. The van der Waals surface area contributed by atoms with Gasteiger partial charge in [-0.1, -0.05) is 42.5 Å². The standard InChI is InChI=1S/C16H15N3O3/c20-16(11-10-13-6-2-1-3-7-13)18-17-12-14-8-4-5-9-15(14)19(21)22/h1-9,12H,10-11H2,(H,18,20)/b17-12+. The zero-order chi connectivity index (χ0) is 15.8. The Kier molecular flexibility index (Phi) is 5.37. The Morgan fingerprint density at radius 1 is 1.14 bits per heavy atom. The van der Waals surface area contributed by atoms with Crippen molar-refractivity contribution in [3.8, 4) is 0 Å². The highest BCUT2D eigenvalue weighted by molar-refractivity contribution is 5.86. The van der Waals surface area contributed by atoms with Gasteiger partial charge in [0.1, 0.15) is 0 Å². The van der Waals surface area contributed by atoms with Gasteiger partial charge >= 0.3 is 0 Å². The SMILES string of the molecule is O=C(CCc1ccccc1)N/N=C/c1ccccc1[N+](=O)[O-]. The first-order valence-corrected chi connectivity index (χ1v) is 6.76. The Morgan fingerprint density at radius 2 is 1.82 bits per heavy atom. The van der Waals surface area contributed by atoms with Crippen molar-refractivity contribution >= 4 is 17.8 Å². The summed E-state index contributed by atoms with van der Waals surface area (Å²) in [4.78, 5) is 22.0. The molecule has 0 aliphatic heterocycles. The van der Waals surface area contributed by atoms with Crippen molar-refractivity contribution < 1.29 is 9.72 Å². The van der Waals surface area contributed by atoms with Crippen LogP contribution in [0.4, 0.5) is 5.69 Å². The lowest BCUT2D eigenvalue weighted by molar-refractivity contribution is -0.385. The summed E-state index contributed by atoms with van der Waals surface area (Å²) in [7, 11) is 0. The molecule has 0 aliphatic rings. The minimum atomic E-state index is -0.488. The summed E-state index contributed by atoms with van der Waals surface area (Å²) >= 11 is 0. The van der Waals surface area contributed by atoms with Gasteiger partial charge in [-0.3, -0.25) is 14.9 Å². The number of hydrogen-bond acceptors (Lipinski definition) is 4. The molecule has 0 fully saturated rings. The van der Waals surface area contributed by atoms with E-state index in [0.717, 1.165) is 5.56 Å². The minimum Gasteiger partial charge on any atom is -0.273 e. The fourth-order valence-corrected chi connectivity index (χ4v) is 1.90. The Morgan fingerprint density at radius 3 is 2.55 bits per heavy atom. The monoisotopic (exact) mass is 297 g/mol. The number of rotatable bonds is 6. The van der Waals surface area contributed by atoms with Crippen LogP contribution >= 0.6 is 0 Å². The van der Waals surface area contributed by atoms with E-state index in [0.29, 0.717) is 18.4 Å². The minimum absolute atomic E-state index is 0.0511. The largest absolute Gasteiger partial charge is 0.278 e. The quantitative estimate of drug-likeness (QED) is 0.505. The molecule has 112 valence electrons. The summed E-state index contributed by atoms with van der Waals surface area (Å²) in [5, 5.41) is 14.6. The number of para-hydroxylation sites is 1. The summed E-state index contributed by atoms with van der Waals surface area (Å²) in [5.74, 6) is -0.237. The Labute approximate surface area is 127 Å². The molecule has 0 atom stereocenters. The van der Waals surface area contributed by atoms with Crippen LogP contribution in [0.15, 0.2) is 59.7 Å². The second-order valence-corrected chi connectivity index (χ2v) is 4.59. The molecule has 0 saturated heterocycles. The number of amides is 1. The molecule has 2 aromatic carbocycles. The summed E-state index contributed by atoms with van der Waals surface area (Å²) in [6, 6.07) is 15.9. The van der Waals surface area contributed by atoms with Crippen LogP contribution in [0.25, 0.3) is 0 Å². The molecule has 1 N–H and O–H groups in total. The van der Waals surface area contributed by atoms with Gasteiger partial charge in [0.2, 0.25) is 5.91 Å². The first-order valence-electron chi connectivity index (χ1n) is 6.76. The molecular formula is C16H15N3O3. The molecule has 2 rings (SSSR count). The topological polar surface area (TPSA) is 84.6 Å². The number of hydrogen-bond donors (Lipinski definition) is 1. The third kappa shape index (κ3) is 4.52. The number of hydrazone groups is 1. The lowest BCUT2D eigenvalue weighted by atomic mass is 10.1. The van der Waals surface area contributed by atoms with E-state index in [-0.39, 0.29) is 11.6 Å². The summed E-state index contributed by atoms with van der Waals surface area (Å²) < 4.78 is 0. The second kappa shape index (κ2) is 7.68. The molecule has 2 aromatic rings. The molecule has 0 heterocycles. The Balaban J connectivity index is 1.87. The summed E-state index contributed by atoms with van der Waals surface area (Å²) in [5.41, 5.74) is 3.74. The molecule has 0 saturated carbocycles. The zero-order valence-corrected chi connectivity index (χ0v) is 11.8. The van der Waals surface area contributed by atoms with Crippen LogP contribution in [0.5, 0.6) is 0 Å². The highest BCUT2D eigenvalue weighted by atomic mass is 16.6. The first kappa shape index (κ1) is 15.4. The van der Waals surface area contributed by atoms with Crippen molar-refractivity contribution in [3.05, 3.63) is 75.8 Å². The van der Waals surface area contributed by atoms with Gasteiger partial charge in [-0.25, -0.2) is 5.43 Å². The molecule has 0 unspecified atom stereocenters. The van der Waals surface area contributed by atoms with E-state index in [1.165, 1.54) is 12.3 Å². The van der Waals surface area contributed by atoms with E-state index in [2.05, 4.69) is 10.5 Å². The summed E-state index contributed by atoms with van der Waals surface area (Å²) in [6.07, 6.45) is 2.20. The number of nitro groups is 1. The average molecular weight is 297 g/mol. The van der Waals surface area contributed by atoms with Crippen LogP contribution < -0.4 is 5.43 Å². The smallest absolute Gasteiger partial charge is 0.273 e. The Bertz CT molecular complexity index is 684.